The topological polar surface area (TPSA) is 122 Å². The van der Waals surface area contributed by atoms with Crippen LogP contribution in [0.3, 0.4) is 0 Å². The molecule has 0 atom stereocenters. The van der Waals surface area contributed by atoms with Gasteiger partial charge in [-0.15, -0.1) is 0 Å². The van der Waals surface area contributed by atoms with E-state index in [-0.39, 0.29) is 12.7 Å². The Morgan fingerprint density at radius 2 is 1.87 bits per heavy atom. The maximum Gasteiger partial charge on any atom is 0.274 e. The van der Waals surface area contributed by atoms with Gasteiger partial charge >= 0.3 is 0 Å². The van der Waals surface area contributed by atoms with Crippen molar-refractivity contribution in [3.05, 3.63) is 47.9 Å². The molecule has 7 rings (SSSR count). The predicted octanol–water partition coefficient (Wildman–Crippen LogP) is 2.93. The first-order chi connectivity index (χ1) is 18.7. The van der Waals surface area contributed by atoms with E-state index in [9.17, 15) is 4.79 Å². The molecule has 3 aliphatic rings. The molecule has 1 saturated heterocycles. The molecule has 1 amide bonds. The lowest BCUT2D eigenvalue weighted by atomic mass is 9.90. The van der Waals surface area contributed by atoms with Crippen LogP contribution in [0.2, 0.25) is 0 Å². The van der Waals surface area contributed by atoms with Crippen LogP contribution in [0, 0.1) is 11.3 Å². The first-order valence-electron chi connectivity index (χ1n) is 13.1. The zero-order valence-electron chi connectivity index (χ0n) is 20.9. The number of amides is 1. The van der Waals surface area contributed by atoms with Gasteiger partial charge in [0.15, 0.2) is 11.5 Å². The monoisotopic (exact) mass is 512 g/mol. The van der Waals surface area contributed by atoms with Gasteiger partial charge in [0.1, 0.15) is 17.3 Å². The van der Waals surface area contributed by atoms with Crippen molar-refractivity contribution in [3.8, 4) is 17.6 Å². The highest BCUT2D eigenvalue weighted by Crippen LogP contribution is 2.45. The van der Waals surface area contributed by atoms with E-state index < -0.39 is 0 Å². The minimum Gasteiger partial charge on any atom is -0.451 e. The van der Waals surface area contributed by atoms with E-state index in [0.717, 1.165) is 49.9 Å². The number of carbonyl (C=O) groups is 1. The molecule has 0 unspecified atom stereocenters. The summed E-state index contributed by atoms with van der Waals surface area (Å²) in [6.07, 6.45) is 8.03. The van der Waals surface area contributed by atoms with Crippen molar-refractivity contribution in [2.24, 2.45) is 0 Å². The van der Waals surface area contributed by atoms with Crippen LogP contribution in [-0.4, -0.2) is 69.2 Å². The molecule has 1 saturated carbocycles. The third kappa shape index (κ3) is 3.93. The van der Waals surface area contributed by atoms with Gasteiger partial charge < -0.3 is 20.1 Å². The Hall–Kier alpha value is -4.14. The Morgan fingerprint density at radius 1 is 1.08 bits per heavy atom. The summed E-state index contributed by atoms with van der Waals surface area (Å²) in [7, 11) is 0. The summed E-state index contributed by atoms with van der Waals surface area (Å²) < 4.78 is 15.1. The highest BCUT2D eigenvalue weighted by atomic mass is 16.7. The lowest BCUT2D eigenvalue weighted by molar-refractivity contribution is 0.101. The number of piperazine rings is 1. The molecule has 0 bridgehead atoms. The van der Waals surface area contributed by atoms with Crippen LogP contribution in [0.25, 0.3) is 16.4 Å². The number of aromatic nitrogens is 4. The van der Waals surface area contributed by atoms with Gasteiger partial charge in [-0.1, -0.05) is 0 Å². The number of nitriles is 1. The number of rotatable bonds is 4. The number of hydrogen-bond acceptors (Lipinski definition) is 8. The lowest BCUT2D eigenvalue weighted by Crippen LogP contribution is -2.49. The van der Waals surface area contributed by atoms with Crippen LogP contribution in [0.4, 0.5) is 5.69 Å². The molecule has 3 aromatic heterocycles. The number of ether oxygens (including phenoxy) is 2. The van der Waals surface area contributed by atoms with Crippen LogP contribution < -0.4 is 20.1 Å². The van der Waals surface area contributed by atoms with Gasteiger partial charge in [0, 0.05) is 43.8 Å². The van der Waals surface area contributed by atoms with Crippen LogP contribution in [0.5, 0.6) is 11.5 Å². The van der Waals surface area contributed by atoms with Crippen molar-refractivity contribution in [1.29, 1.82) is 5.26 Å². The Kier molecular flexibility index (Phi) is 5.64. The van der Waals surface area contributed by atoms with Crippen LogP contribution in [0.1, 0.15) is 47.8 Å². The van der Waals surface area contributed by atoms with E-state index in [1.807, 2.05) is 6.07 Å². The largest absolute Gasteiger partial charge is 0.451 e. The molecule has 5 heterocycles. The molecular formula is C27H28N8O3. The van der Waals surface area contributed by atoms with E-state index >= 15 is 0 Å². The Bertz CT molecular complexity index is 1570. The summed E-state index contributed by atoms with van der Waals surface area (Å²) in [5.41, 5.74) is 2.74. The van der Waals surface area contributed by atoms with Crippen molar-refractivity contribution in [2.75, 3.05) is 38.3 Å². The van der Waals surface area contributed by atoms with Crippen LogP contribution in [-0.2, 0) is 0 Å². The Morgan fingerprint density at radius 3 is 2.68 bits per heavy atom. The highest BCUT2D eigenvalue weighted by Gasteiger charge is 2.30. The fourth-order valence-electron chi connectivity index (χ4n) is 6.00. The van der Waals surface area contributed by atoms with Gasteiger partial charge in [-0.2, -0.15) is 15.5 Å². The van der Waals surface area contributed by atoms with Crippen LogP contribution >= 0.6 is 0 Å². The van der Waals surface area contributed by atoms with Crippen molar-refractivity contribution >= 4 is 28.0 Å². The molecule has 194 valence electrons. The van der Waals surface area contributed by atoms with Crippen LogP contribution in [0.15, 0.2) is 36.7 Å². The molecular weight excluding hydrogens is 484 g/mol. The maximum atomic E-state index is 13.2. The first-order valence-corrected chi connectivity index (χ1v) is 13.1. The Balaban J connectivity index is 1.13. The SMILES string of the molecule is N#Cc1cnn2c(C(=O)Nc3cc4cn(C5CCC(N6CCNCC6)CC5)nc4c4c3OCO4)ccc2c1. The molecule has 2 aliphatic heterocycles. The maximum absolute atomic E-state index is 13.2. The first kappa shape index (κ1) is 23.0. The molecule has 1 aliphatic carbocycles. The average molecular weight is 513 g/mol. The summed E-state index contributed by atoms with van der Waals surface area (Å²) in [5.74, 6) is 0.708. The third-order valence-electron chi connectivity index (χ3n) is 7.95. The molecule has 4 aromatic rings. The quantitative estimate of drug-likeness (QED) is 0.428. The molecule has 38 heavy (non-hydrogen) atoms. The predicted molar refractivity (Wildman–Crippen MR) is 139 cm³/mol. The fraction of sp³-hybridized carbons (Fsp3) is 0.407. The lowest BCUT2D eigenvalue weighted by Gasteiger charge is -2.39. The van der Waals surface area contributed by atoms with Gasteiger partial charge in [-0.25, -0.2) is 4.52 Å². The summed E-state index contributed by atoms with van der Waals surface area (Å²) >= 11 is 0. The number of hydrogen-bond donors (Lipinski definition) is 2. The smallest absolute Gasteiger partial charge is 0.274 e. The van der Waals surface area contributed by atoms with E-state index in [4.69, 9.17) is 19.8 Å². The Labute approximate surface area is 218 Å². The highest BCUT2D eigenvalue weighted by molar-refractivity contribution is 6.07. The number of anilines is 1. The van der Waals surface area contributed by atoms with E-state index in [0.29, 0.717) is 46.0 Å². The number of nitrogens with zero attached hydrogens (tertiary/aromatic N) is 6. The van der Waals surface area contributed by atoms with Gasteiger partial charge in [0.2, 0.25) is 6.79 Å². The molecule has 2 fully saturated rings. The summed E-state index contributed by atoms with van der Waals surface area (Å²) in [5, 5.41) is 25.6. The van der Waals surface area contributed by atoms with Crippen molar-refractivity contribution in [2.45, 2.75) is 37.8 Å². The second kappa shape index (κ2) is 9.31. The molecule has 2 N–H and O–H groups in total. The zero-order valence-corrected chi connectivity index (χ0v) is 20.9. The molecule has 1 aromatic carbocycles. The molecule has 11 heteroatoms. The third-order valence-corrected chi connectivity index (χ3v) is 7.95. The standard InChI is InChI=1S/C27H28N8O3/c28-13-17-11-21-5-6-23(35(21)30-14-17)27(36)31-22-12-18-15-34(32-24(18)26-25(22)37-16-38-26)20-3-1-19(2-4-20)33-9-7-29-8-10-33/h5-6,11-12,14-15,19-20,29H,1-4,7-10,16H2,(H,31,36). The van der Waals surface area contributed by atoms with E-state index in [1.54, 1.807) is 18.2 Å². The van der Waals surface area contributed by atoms with E-state index in [2.05, 4.69) is 37.6 Å². The molecule has 0 radical (unpaired) electrons. The van der Waals surface area contributed by atoms with Gasteiger partial charge in [0.05, 0.1) is 29.0 Å². The number of carbonyl (C=O) groups excluding carboxylic acids is 1. The fourth-order valence-corrected chi connectivity index (χ4v) is 6.00. The molecule has 11 nitrogen and oxygen atoms in total. The summed E-state index contributed by atoms with van der Waals surface area (Å²) in [6.45, 7) is 4.50. The average Bonchev–Trinajstić information content (AvgIpc) is 3.71. The molecule has 0 spiro atoms. The zero-order chi connectivity index (χ0) is 25.6. The van der Waals surface area contributed by atoms with Crippen molar-refractivity contribution in [3.63, 3.8) is 0 Å². The van der Waals surface area contributed by atoms with Crippen molar-refractivity contribution in [1.82, 2.24) is 29.6 Å². The normalized spacial score (nSPS) is 21.6. The van der Waals surface area contributed by atoms with Gasteiger partial charge in [-0.05, 0) is 49.9 Å². The second-order valence-electron chi connectivity index (χ2n) is 10.1. The number of fused-ring (bicyclic) bond motifs is 4. The minimum absolute atomic E-state index is 0.0759. The summed E-state index contributed by atoms with van der Waals surface area (Å²) in [4.78, 5) is 15.9. The van der Waals surface area contributed by atoms with Gasteiger partial charge in [-0.3, -0.25) is 14.4 Å². The number of nitrogens with one attached hydrogen (secondary N) is 2. The van der Waals surface area contributed by atoms with Crippen molar-refractivity contribution < 1.29 is 14.3 Å². The minimum atomic E-state index is -0.335. The number of benzene rings is 1. The van der Waals surface area contributed by atoms with Gasteiger partial charge in [0.25, 0.3) is 5.91 Å². The summed E-state index contributed by atoms with van der Waals surface area (Å²) in [6, 6.07) is 10.1. The second-order valence-corrected chi connectivity index (χ2v) is 10.1. The van der Waals surface area contributed by atoms with E-state index in [1.165, 1.54) is 23.6 Å².